The van der Waals surface area contributed by atoms with Gasteiger partial charge < -0.3 is 14.1 Å². The summed E-state index contributed by atoms with van der Waals surface area (Å²) in [5.74, 6) is 1.31. The first-order valence-corrected chi connectivity index (χ1v) is 9.82. The van der Waals surface area contributed by atoms with E-state index in [4.69, 9.17) is 9.15 Å². The summed E-state index contributed by atoms with van der Waals surface area (Å²) in [7, 11) is 0. The molecule has 0 unspecified atom stereocenters. The number of furan rings is 1. The zero-order chi connectivity index (χ0) is 17.3. The molecule has 5 heteroatoms. The maximum atomic E-state index is 13.0. The number of likely N-dealkylation sites (tertiary alicyclic amines) is 2. The molecule has 1 aliphatic carbocycles. The highest BCUT2D eigenvalue weighted by atomic mass is 16.5. The Morgan fingerprint density at radius 3 is 2.92 bits per heavy atom. The molecule has 1 aromatic heterocycles. The summed E-state index contributed by atoms with van der Waals surface area (Å²) in [5.41, 5.74) is 0.864. The van der Waals surface area contributed by atoms with E-state index in [0.29, 0.717) is 12.5 Å². The van der Waals surface area contributed by atoms with Crippen molar-refractivity contribution in [1.29, 1.82) is 0 Å². The van der Waals surface area contributed by atoms with Crippen LogP contribution >= 0.6 is 0 Å². The lowest BCUT2D eigenvalue weighted by molar-refractivity contribution is -0.157. The SMILES string of the molecule is CCOC(=O)[C@@]12CCCN(CC3CC3)C[C@@H]1CN(Cc1ccoc1)C2. The Morgan fingerprint density at radius 2 is 2.20 bits per heavy atom. The average Bonchev–Trinajstić information content (AvgIpc) is 3.18. The topological polar surface area (TPSA) is 45.9 Å². The van der Waals surface area contributed by atoms with Gasteiger partial charge in [0, 0.05) is 44.2 Å². The van der Waals surface area contributed by atoms with E-state index in [2.05, 4.69) is 9.80 Å². The van der Waals surface area contributed by atoms with Crippen molar-refractivity contribution < 1.29 is 13.9 Å². The Hall–Kier alpha value is -1.33. The summed E-state index contributed by atoms with van der Waals surface area (Å²) in [5, 5.41) is 0. The summed E-state index contributed by atoms with van der Waals surface area (Å²) in [4.78, 5) is 18.0. The Morgan fingerprint density at radius 1 is 1.36 bits per heavy atom. The van der Waals surface area contributed by atoms with Crippen LogP contribution in [0.5, 0.6) is 0 Å². The lowest BCUT2D eigenvalue weighted by Crippen LogP contribution is -2.42. The van der Waals surface area contributed by atoms with Gasteiger partial charge in [0.05, 0.1) is 24.5 Å². The quantitative estimate of drug-likeness (QED) is 0.741. The third-order valence-corrected chi connectivity index (χ3v) is 6.22. The molecule has 1 saturated carbocycles. The highest BCUT2D eigenvalue weighted by Crippen LogP contribution is 2.44. The fourth-order valence-corrected chi connectivity index (χ4v) is 4.82. The molecule has 3 heterocycles. The number of esters is 1. The molecule has 3 aliphatic rings. The molecule has 2 atom stereocenters. The number of ether oxygens (including phenoxy) is 1. The molecule has 0 amide bonds. The minimum absolute atomic E-state index is 0.0305. The van der Waals surface area contributed by atoms with Crippen molar-refractivity contribution in [3.8, 4) is 0 Å². The van der Waals surface area contributed by atoms with E-state index in [0.717, 1.165) is 51.5 Å². The second-order valence-electron chi connectivity index (χ2n) is 8.18. The second kappa shape index (κ2) is 7.12. The summed E-state index contributed by atoms with van der Waals surface area (Å²) < 4.78 is 10.8. The van der Waals surface area contributed by atoms with Crippen molar-refractivity contribution in [2.45, 2.75) is 39.2 Å². The van der Waals surface area contributed by atoms with Gasteiger partial charge in [-0.1, -0.05) is 0 Å². The van der Waals surface area contributed by atoms with E-state index in [1.165, 1.54) is 24.9 Å². The van der Waals surface area contributed by atoms with Crippen molar-refractivity contribution in [3.63, 3.8) is 0 Å². The number of hydrogen-bond acceptors (Lipinski definition) is 5. The smallest absolute Gasteiger partial charge is 0.313 e. The van der Waals surface area contributed by atoms with Crippen LogP contribution in [0.4, 0.5) is 0 Å². The number of rotatable bonds is 6. The molecule has 0 N–H and O–H groups in total. The number of nitrogens with zero attached hydrogens (tertiary/aromatic N) is 2. The third kappa shape index (κ3) is 3.63. The predicted octanol–water partition coefficient (Wildman–Crippen LogP) is 2.77. The summed E-state index contributed by atoms with van der Waals surface area (Å²) >= 11 is 0. The molecular weight excluding hydrogens is 316 g/mol. The van der Waals surface area contributed by atoms with Crippen LogP contribution in [0.15, 0.2) is 23.0 Å². The lowest BCUT2D eigenvalue weighted by atomic mass is 9.75. The lowest BCUT2D eigenvalue weighted by Gasteiger charge is -2.31. The summed E-state index contributed by atoms with van der Waals surface area (Å²) in [6.45, 7) is 8.43. The van der Waals surface area contributed by atoms with Gasteiger partial charge in [0.1, 0.15) is 0 Å². The number of fused-ring (bicyclic) bond motifs is 1. The van der Waals surface area contributed by atoms with Gasteiger partial charge in [-0.3, -0.25) is 9.69 Å². The van der Waals surface area contributed by atoms with E-state index in [9.17, 15) is 4.79 Å². The van der Waals surface area contributed by atoms with Crippen LogP contribution in [-0.2, 0) is 16.1 Å². The number of carbonyl (C=O) groups is 1. The highest BCUT2D eigenvalue weighted by molar-refractivity contribution is 5.78. The van der Waals surface area contributed by atoms with E-state index in [1.807, 2.05) is 19.3 Å². The summed E-state index contributed by atoms with van der Waals surface area (Å²) in [6, 6.07) is 2.02. The van der Waals surface area contributed by atoms with Crippen molar-refractivity contribution in [2.75, 3.05) is 39.3 Å². The van der Waals surface area contributed by atoms with Crippen molar-refractivity contribution >= 4 is 5.97 Å². The molecule has 0 aromatic carbocycles. The van der Waals surface area contributed by atoms with Gasteiger partial charge >= 0.3 is 5.97 Å². The van der Waals surface area contributed by atoms with Crippen LogP contribution < -0.4 is 0 Å². The monoisotopic (exact) mass is 346 g/mol. The maximum Gasteiger partial charge on any atom is 0.313 e. The van der Waals surface area contributed by atoms with Gasteiger partial charge in [0.15, 0.2) is 0 Å². The molecule has 2 saturated heterocycles. The average molecular weight is 346 g/mol. The number of hydrogen-bond donors (Lipinski definition) is 0. The maximum absolute atomic E-state index is 13.0. The van der Waals surface area contributed by atoms with Crippen molar-refractivity contribution in [3.05, 3.63) is 24.2 Å². The van der Waals surface area contributed by atoms with E-state index in [-0.39, 0.29) is 11.4 Å². The van der Waals surface area contributed by atoms with E-state index in [1.54, 1.807) is 6.26 Å². The van der Waals surface area contributed by atoms with Gasteiger partial charge in [0.2, 0.25) is 0 Å². The van der Waals surface area contributed by atoms with Crippen LogP contribution in [0.25, 0.3) is 0 Å². The minimum atomic E-state index is -0.321. The first kappa shape index (κ1) is 17.1. The van der Waals surface area contributed by atoms with Crippen LogP contribution in [-0.4, -0.2) is 55.1 Å². The Labute approximate surface area is 150 Å². The molecular formula is C20H30N2O3. The molecule has 4 rings (SSSR count). The normalized spacial score (nSPS) is 30.8. The zero-order valence-corrected chi connectivity index (χ0v) is 15.3. The predicted molar refractivity (Wildman–Crippen MR) is 94.9 cm³/mol. The fourth-order valence-electron chi connectivity index (χ4n) is 4.82. The molecule has 0 spiro atoms. The van der Waals surface area contributed by atoms with Gasteiger partial charge in [-0.05, 0) is 51.1 Å². The molecule has 25 heavy (non-hydrogen) atoms. The van der Waals surface area contributed by atoms with Crippen LogP contribution in [0.3, 0.4) is 0 Å². The van der Waals surface area contributed by atoms with Crippen molar-refractivity contribution in [1.82, 2.24) is 9.80 Å². The molecule has 0 radical (unpaired) electrons. The zero-order valence-electron chi connectivity index (χ0n) is 15.3. The van der Waals surface area contributed by atoms with E-state index >= 15 is 0 Å². The first-order valence-electron chi connectivity index (χ1n) is 9.82. The Kier molecular flexibility index (Phi) is 4.87. The van der Waals surface area contributed by atoms with Crippen LogP contribution in [0.2, 0.25) is 0 Å². The second-order valence-corrected chi connectivity index (χ2v) is 8.18. The highest BCUT2D eigenvalue weighted by Gasteiger charge is 2.54. The molecule has 138 valence electrons. The first-order chi connectivity index (χ1) is 12.2. The third-order valence-electron chi connectivity index (χ3n) is 6.22. The number of carbonyl (C=O) groups excluding carboxylic acids is 1. The summed E-state index contributed by atoms with van der Waals surface area (Å²) in [6.07, 6.45) is 8.36. The Bertz CT molecular complexity index is 584. The Balaban J connectivity index is 1.51. The van der Waals surface area contributed by atoms with Gasteiger partial charge in [-0.25, -0.2) is 0 Å². The van der Waals surface area contributed by atoms with Gasteiger partial charge in [0.25, 0.3) is 0 Å². The largest absolute Gasteiger partial charge is 0.472 e. The molecule has 0 bridgehead atoms. The van der Waals surface area contributed by atoms with Gasteiger partial charge in [-0.15, -0.1) is 0 Å². The molecule has 2 aliphatic heterocycles. The molecule has 1 aromatic rings. The molecule has 3 fully saturated rings. The van der Waals surface area contributed by atoms with E-state index < -0.39 is 0 Å². The fraction of sp³-hybridized carbons (Fsp3) is 0.750. The van der Waals surface area contributed by atoms with Crippen LogP contribution in [0, 0.1) is 17.3 Å². The minimum Gasteiger partial charge on any atom is -0.472 e. The van der Waals surface area contributed by atoms with Crippen LogP contribution in [0.1, 0.15) is 38.2 Å². The van der Waals surface area contributed by atoms with Gasteiger partial charge in [-0.2, -0.15) is 0 Å². The molecule has 5 nitrogen and oxygen atoms in total. The van der Waals surface area contributed by atoms with Crippen molar-refractivity contribution in [2.24, 2.45) is 17.3 Å². The standard InChI is InChI=1S/C20H30N2O3/c1-2-25-19(23)20-7-3-8-21(10-16-4-5-16)12-18(20)13-22(15-20)11-17-6-9-24-14-17/h6,9,14,16,18H,2-5,7-8,10-13,15H2,1H3/t18-,20-/m1/s1.